The SMILES string of the molecule is CCn1c(=O)sc2cc(NC(=O)COc3cccc(OC)c3)ccc21. The molecule has 0 aliphatic rings. The largest absolute Gasteiger partial charge is 0.497 e. The molecule has 0 fully saturated rings. The van der Waals surface area contributed by atoms with Crippen LogP contribution >= 0.6 is 11.3 Å². The van der Waals surface area contributed by atoms with Crippen LogP contribution in [0.2, 0.25) is 0 Å². The van der Waals surface area contributed by atoms with Gasteiger partial charge in [0.25, 0.3) is 5.91 Å². The molecule has 3 rings (SSSR count). The summed E-state index contributed by atoms with van der Waals surface area (Å²) in [6, 6.07) is 12.5. The molecule has 25 heavy (non-hydrogen) atoms. The van der Waals surface area contributed by atoms with Crippen LogP contribution in [0, 0.1) is 0 Å². The lowest BCUT2D eigenvalue weighted by atomic mass is 10.3. The number of anilines is 1. The van der Waals surface area contributed by atoms with Crippen molar-refractivity contribution in [2.45, 2.75) is 13.5 Å². The Kier molecular flexibility index (Phi) is 5.04. The van der Waals surface area contributed by atoms with Gasteiger partial charge in [0.1, 0.15) is 11.5 Å². The molecule has 0 saturated heterocycles. The van der Waals surface area contributed by atoms with Crippen LogP contribution in [0.4, 0.5) is 5.69 Å². The van der Waals surface area contributed by atoms with Gasteiger partial charge in [-0.3, -0.25) is 14.2 Å². The molecule has 0 radical (unpaired) electrons. The number of hydrogen-bond donors (Lipinski definition) is 1. The van der Waals surface area contributed by atoms with Gasteiger partial charge in [0.05, 0.1) is 17.3 Å². The first kappa shape index (κ1) is 17.0. The van der Waals surface area contributed by atoms with Crippen LogP contribution in [0.1, 0.15) is 6.92 Å². The van der Waals surface area contributed by atoms with Crippen molar-refractivity contribution in [3.05, 3.63) is 52.1 Å². The second-order valence-corrected chi connectivity index (χ2v) is 6.30. The molecule has 0 unspecified atom stereocenters. The minimum atomic E-state index is -0.274. The molecule has 3 aromatic rings. The molecule has 0 aliphatic carbocycles. The molecule has 1 amide bonds. The Morgan fingerprint density at radius 2 is 2.00 bits per heavy atom. The van der Waals surface area contributed by atoms with E-state index >= 15 is 0 Å². The number of benzene rings is 2. The van der Waals surface area contributed by atoms with Crippen molar-refractivity contribution in [1.29, 1.82) is 0 Å². The Balaban J connectivity index is 1.66. The van der Waals surface area contributed by atoms with E-state index < -0.39 is 0 Å². The Hall–Kier alpha value is -2.80. The average Bonchev–Trinajstić information content (AvgIpc) is 2.94. The molecule has 1 N–H and O–H groups in total. The molecule has 0 aliphatic heterocycles. The minimum absolute atomic E-state index is 0.00216. The molecule has 1 aromatic heterocycles. The molecule has 7 heteroatoms. The van der Waals surface area contributed by atoms with Gasteiger partial charge in [0.15, 0.2) is 6.61 Å². The highest BCUT2D eigenvalue weighted by atomic mass is 32.1. The lowest BCUT2D eigenvalue weighted by Crippen LogP contribution is -2.20. The third-order valence-electron chi connectivity index (χ3n) is 3.68. The van der Waals surface area contributed by atoms with Crippen LogP contribution in [-0.4, -0.2) is 24.2 Å². The standard InChI is InChI=1S/C18H18N2O4S/c1-3-20-15-8-7-12(9-16(15)25-18(20)22)19-17(21)11-24-14-6-4-5-13(10-14)23-2/h4-10H,3,11H2,1-2H3,(H,19,21). The Morgan fingerprint density at radius 3 is 2.76 bits per heavy atom. The molecule has 0 spiro atoms. The number of fused-ring (bicyclic) bond motifs is 1. The predicted molar refractivity (Wildman–Crippen MR) is 98.9 cm³/mol. The number of methoxy groups -OCH3 is 1. The maximum absolute atomic E-state index is 12.1. The smallest absolute Gasteiger partial charge is 0.308 e. The van der Waals surface area contributed by atoms with Gasteiger partial charge in [-0.2, -0.15) is 0 Å². The molecule has 130 valence electrons. The van der Waals surface area contributed by atoms with Crippen LogP contribution in [0.5, 0.6) is 11.5 Å². The van der Waals surface area contributed by atoms with Crippen LogP contribution in [0.15, 0.2) is 47.3 Å². The van der Waals surface area contributed by atoms with Crippen LogP contribution in [0.3, 0.4) is 0 Å². The highest BCUT2D eigenvalue weighted by Gasteiger charge is 2.09. The molecule has 0 bridgehead atoms. The van der Waals surface area contributed by atoms with Crippen molar-refractivity contribution in [3.8, 4) is 11.5 Å². The van der Waals surface area contributed by atoms with Gasteiger partial charge < -0.3 is 14.8 Å². The first-order valence-corrected chi connectivity index (χ1v) is 8.62. The predicted octanol–water partition coefficient (Wildman–Crippen LogP) is 3.11. The van der Waals surface area contributed by atoms with Gasteiger partial charge in [-0.15, -0.1) is 0 Å². The number of carbonyl (C=O) groups is 1. The Morgan fingerprint density at radius 1 is 1.20 bits per heavy atom. The van der Waals surface area contributed by atoms with Gasteiger partial charge in [-0.25, -0.2) is 0 Å². The van der Waals surface area contributed by atoms with E-state index in [4.69, 9.17) is 9.47 Å². The minimum Gasteiger partial charge on any atom is -0.497 e. The molecule has 0 atom stereocenters. The lowest BCUT2D eigenvalue weighted by Gasteiger charge is -2.09. The summed E-state index contributed by atoms with van der Waals surface area (Å²) in [7, 11) is 1.57. The van der Waals surface area contributed by atoms with Crippen LogP contribution in [-0.2, 0) is 11.3 Å². The molecule has 2 aromatic carbocycles. The van der Waals surface area contributed by atoms with E-state index in [9.17, 15) is 9.59 Å². The molecule has 0 saturated carbocycles. The van der Waals surface area contributed by atoms with Crippen LogP contribution < -0.4 is 19.7 Å². The molecular formula is C18H18N2O4S. The van der Waals surface area contributed by atoms with Gasteiger partial charge in [-0.1, -0.05) is 17.4 Å². The average molecular weight is 358 g/mol. The van der Waals surface area contributed by atoms with E-state index in [1.54, 1.807) is 48.1 Å². The van der Waals surface area contributed by atoms with E-state index in [2.05, 4.69) is 5.32 Å². The summed E-state index contributed by atoms with van der Waals surface area (Å²) >= 11 is 1.17. The highest BCUT2D eigenvalue weighted by molar-refractivity contribution is 7.16. The number of ether oxygens (including phenoxy) is 2. The summed E-state index contributed by atoms with van der Waals surface area (Å²) in [5.74, 6) is 0.950. The molecule has 6 nitrogen and oxygen atoms in total. The van der Waals surface area contributed by atoms with E-state index in [-0.39, 0.29) is 17.4 Å². The van der Waals surface area contributed by atoms with Gasteiger partial charge in [-0.05, 0) is 37.3 Å². The van der Waals surface area contributed by atoms with E-state index in [1.807, 2.05) is 13.0 Å². The summed E-state index contributed by atoms with van der Waals surface area (Å²) in [5, 5.41) is 2.78. The zero-order valence-electron chi connectivity index (χ0n) is 13.9. The third-order valence-corrected chi connectivity index (χ3v) is 4.62. The molecular weight excluding hydrogens is 340 g/mol. The second-order valence-electron chi connectivity index (χ2n) is 5.31. The third kappa shape index (κ3) is 3.83. The fraction of sp³-hybridized carbons (Fsp3) is 0.222. The van der Waals surface area contributed by atoms with Gasteiger partial charge >= 0.3 is 4.87 Å². The summed E-state index contributed by atoms with van der Waals surface area (Å²) in [4.78, 5) is 24.0. The zero-order valence-corrected chi connectivity index (χ0v) is 14.8. The first-order valence-electron chi connectivity index (χ1n) is 7.81. The Labute approximate surface area is 148 Å². The number of nitrogens with zero attached hydrogens (tertiary/aromatic N) is 1. The fourth-order valence-electron chi connectivity index (χ4n) is 2.48. The quantitative estimate of drug-likeness (QED) is 0.735. The van der Waals surface area contributed by atoms with E-state index in [0.29, 0.717) is 23.7 Å². The monoisotopic (exact) mass is 358 g/mol. The number of rotatable bonds is 6. The van der Waals surface area contributed by atoms with Gasteiger partial charge in [0, 0.05) is 18.3 Å². The maximum Gasteiger partial charge on any atom is 0.308 e. The van der Waals surface area contributed by atoms with Gasteiger partial charge in [0.2, 0.25) is 0 Å². The molecule has 1 heterocycles. The van der Waals surface area contributed by atoms with Crippen molar-refractivity contribution >= 4 is 33.1 Å². The number of aromatic nitrogens is 1. The summed E-state index contributed by atoms with van der Waals surface area (Å²) in [5.41, 5.74) is 1.51. The van der Waals surface area contributed by atoms with Crippen molar-refractivity contribution in [3.63, 3.8) is 0 Å². The van der Waals surface area contributed by atoms with Crippen molar-refractivity contribution < 1.29 is 14.3 Å². The first-order chi connectivity index (χ1) is 12.1. The summed E-state index contributed by atoms with van der Waals surface area (Å²) in [6.07, 6.45) is 0. The van der Waals surface area contributed by atoms with Crippen molar-refractivity contribution in [1.82, 2.24) is 4.57 Å². The van der Waals surface area contributed by atoms with Crippen molar-refractivity contribution in [2.75, 3.05) is 19.0 Å². The highest BCUT2D eigenvalue weighted by Crippen LogP contribution is 2.22. The fourth-order valence-corrected chi connectivity index (χ4v) is 3.47. The van der Waals surface area contributed by atoms with E-state index in [1.165, 1.54) is 11.3 Å². The number of amides is 1. The number of thiazole rings is 1. The normalized spacial score (nSPS) is 10.6. The zero-order chi connectivity index (χ0) is 17.8. The second kappa shape index (κ2) is 7.40. The Bertz CT molecular complexity index is 961. The lowest BCUT2D eigenvalue weighted by molar-refractivity contribution is -0.118. The number of nitrogens with one attached hydrogen (secondary N) is 1. The number of hydrogen-bond acceptors (Lipinski definition) is 5. The topological polar surface area (TPSA) is 69.6 Å². The van der Waals surface area contributed by atoms with E-state index in [0.717, 1.165) is 10.2 Å². The summed E-state index contributed by atoms with van der Waals surface area (Å²) < 4.78 is 13.1. The van der Waals surface area contributed by atoms with Crippen LogP contribution in [0.25, 0.3) is 10.2 Å². The number of carbonyl (C=O) groups excluding carboxylic acids is 1. The van der Waals surface area contributed by atoms with Crippen molar-refractivity contribution in [2.24, 2.45) is 0 Å². The summed E-state index contributed by atoms with van der Waals surface area (Å²) in [6.45, 7) is 2.44. The number of aryl methyl sites for hydroxylation is 1. The maximum atomic E-state index is 12.1.